The van der Waals surface area contributed by atoms with E-state index < -0.39 is 5.54 Å². The highest BCUT2D eigenvalue weighted by Gasteiger charge is 2.40. The van der Waals surface area contributed by atoms with Crippen molar-refractivity contribution < 1.29 is 14.3 Å². The number of carbonyl (C=O) groups is 1. The molecule has 25 heavy (non-hydrogen) atoms. The Kier molecular flexibility index (Phi) is 5.93. The first-order valence-corrected chi connectivity index (χ1v) is 7.92. The van der Waals surface area contributed by atoms with Gasteiger partial charge in [-0.1, -0.05) is 30.3 Å². The van der Waals surface area contributed by atoms with Crippen LogP contribution in [0.5, 0.6) is 11.5 Å². The molecule has 2 aromatic rings. The van der Waals surface area contributed by atoms with Crippen LogP contribution < -0.4 is 20.5 Å². The first-order valence-electron chi connectivity index (χ1n) is 7.92. The third kappa shape index (κ3) is 3.57. The number of hydrogen-bond acceptors (Lipinski definition) is 4. The molecule has 0 heterocycles. The van der Waals surface area contributed by atoms with Gasteiger partial charge in [-0.15, -0.1) is 12.4 Å². The zero-order chi connectivity index (χ0) is 17.2. The van der Waals surface area contributed by atoms with Crippen molar-refractivity contribution >= 4 is 18.3 Å². The lowest BCUT2D eigenvalue weighted by molar-refractivity contribution is -0.121. The minimum Gasteiger partial charge on any atom is -0.493 e. The summed E-state index contributed by atoms with van der Waals surface area (Å²) < 4.78 is 10.7. The Hall–Kier alpha value is -2.24. The largest absolute Gasteiger partial charge is 0.493 e. The minimum atomic E-state index is -0.514. The third-order valence-corrected chi connectivity index (χ3v) is 4.60. The Labute approximate surface area is 153 Å². The smallest absolute Gasteiger partial charge is 0.234 e. The van der Waals surface area contributed by atoms with Crippen LogP contribution in [0.4, 0.5) is 0 Å². The highest BCUT2D eigenvalue weighted by molar-refractivity contribution is 5.85. The molecule has 0 unspecified atom stereocenters. The van der Waals surface area contributed by atoms with Crippen LogP contribution in [-0.2, 0) is 23.2 Å². The average molecular weight is 363 g/mol. The van der Waals surface area contributed by atoms with Gasteiger partial charge in [-0.25, -0.2) is 0 Å². The van der Waals surface area contributed by atoms with E-state index in [0.29, 0.717) is 11.5 Å². The summed E-state index contributed by atoms with van der Waals surface area (Å²) in [5.74, 6) is 1.14. The lowest BCUT2D eigenvalue weighted by Gasteiger charge is -2.31. The van der Waals surface area contributed by atoms with Crippen LogP contribution in [-0.4, -0.2) is 26.7 Å². The molecule has 0 saturated heterocycles. The minimum absolute atomic E-state index is 0. The summed E-state index contributed by atoms with van der Waals surface area (Å²) in [5, 5.41) is 3.13. The molecule has 3 rings (SSSR count). The van der Waals surface area contributed by atoms with Crippen molar-refractivity contribution in [2.24, 2.45) is 5.73 Å². The zero-order valence-corrected chi connectivity index (χ0v) is 15.2. The van der Waals surface area contributed by atoms with Gasteiger partial charge in [0.25, 0.3) is 0 Å². The number of nitrogens with one attached hydrogen (secondary N) is 1. The summed E-state index contributed by atoms with van der Waals surface area (Å²) in [6, 6.07) is 14.0. The van der Waals surface area contributed by atoms with Crippen molar-refractivity contribution in [1.82, 2.24) is 5.32 Å². The van der Waals surface area contributed by atoms with Crippen molar-refractivity contribution in [3.8, 4) is 11.5 Å². The number of benzene rings is 2. The van der Waals surface area contributed by atoms with Crippen LogP contribution in [0, 0.1) is 0 Å². The maximum Gasteiger partial charge on any atom is 0.234 e. The number of fused-ring (bicyclic) bond motifs is 1. The predicted octanol–water partition coefficient (Wildman–Crippen LogP) is 2.19. The van der Waals surface area contributed by atoms with Crippen molar-refractivity contribution in [2.75, 3.05) is 20.8 Å². The van der Waals surface area contributed by atoms with Gasteiger partial charge >= 0.3 is 0 Å². The summed E-state index contributed by atoms with van der Waals surface area (Å²) in [4.78, 5) is 12.1. The first-order chi connectivity index (χ1) is 11.6. The molecular weight excluding hydrogens is 340 g/mol. The van der Waals surface area contributed by atoms with Gasteiger partial charge in [0.1, 0.15) is 0 Å². The molecule has 1 aliphatic rings. The second-order valence-corrected chi connectivity index (χ2v) is 6.03. The van der Waals surface area contributed by atoms with Gasteiger partial charge < -0.3 is 20.5 Å². The molecule has 0 bridgehead atoms. The second kappa shape index (κ2) is 7.76. The van der Waals surface area contributed by atoms with Crippen molar-refractivity contribution in [3.63, 3.8) is 0 Å². The third-order valence-electron chi connectivity index (χ3n) is 4.60. The summed E-state index contributed by atoms with van der Waals surface area (Å²) in [7, 11) is 3.21. The highest BCUT2D eigenvalue weighted by Crippen LogP contribution is 2.40. The van der Waals surface area contributed by atoms with Gasteiger partial charge in [0, 0.05) is 12.8 Å². The molecule has 0 fully saturated rings. The normalized spacial score (nSPS) is 14.2. The van der Waals surface area contributed by atoms with Crippen LogP contribution >= 0.6 is 12.4 Å². The molecule has 134 valence electrons. The summed E-state index contributed by atoms with van der Waals surface area (Å²) >= 11 is 0. The quantitative estimate of drug-likeness (QED) is 0.855. The van der Waals surface area contributed by atoms with Crippen LogP contribution in [0.2, 0.25) is 0 Å². The number of ether oxygens (including phenoxy) is 2. The standard InChI is InChI=1S/C19H22N2O3.ClH/c1-23-16-8-7-15(9-17(16)24-2)19(21-18(22)12-20)10-13-5-3-4-6-14(13)11-19;/h3-9H,10-12,20H2,1-2H3,(H,21,22);1H. The van der Waals surface area contributed by atoms with Gasteiger partial charge in [0.15, 0.2) is 11.5 Å². The summed E-state index contributed by atoms with van der Waals surface area (Å²) in [5.41, 5.74) is 8.49. The molecule has 0 radical (unpaired) electrons. The van der Waals surface area contributed by atoms with E-state index in [1.54, 1.807) is 14.2 Å². The average Bonchev–Trinajstić information content (AvgIpc) is 3.00. The first kappa shape index (κ1) is 19.1. The number of hydrogen-bond donors (Lipinski definition) is 2. The number of amides is 1. The number of carbonyl (C=O) groups excluding carboxylic acids is 1. The van der Waals surface area contributed by atoms with Crippen molar-refractivity contribution in [3.05, 3.63) is 59.2 Å². The molecule has 0 saturated carbocycles. The monoisotopic (exact) mass is 362 g/mol. The number of rotatable bonds is 5. The van der Waals surface area contributed by atoms with Crippen LogP contribution in [0.15, 0.2) is 42.5 Å². The maximum atomic E-state index is 12.1. The molecule has 0 aliphatic heterocycles. The Morgan fingerprint density at radius 3 is 2.20 bits per heavy atom. The molecule has 1 amide bonds. The van der Waals surface area contributed by atoms with Gasteiger partial charge in [0.05, 0.1) is 26.3 Å². The van der Waals surface area contributed by atoms with E-state index in [0.717, 1.165) is 18.4 Å². The fourth-order valence-electron chi connectivity index (χ4n) is 3.43. The number of nitrogens with two attached hydrogens (primary N) is 1. The summed E-state index contributed by atoms with van der Waals surface area (Å²) in [6.45, 7) is -0.0363. The van der Waals surface area contributed by atoms with E-state index in [-0.39, 0.29) is 24.9 Å². The van der Waals surface area contributed by atoms with Crippen molar-refractivity contribution in [1.29, 1.82) is 0 Å². The lowest BCUT2D eigenvalue weighted by Crippen LogP contribution is -2.48. The fraction of sp³-hybridized carbons (Fsp3) is 0.316. The topological polar surface area (TPSA) is 73.6 Å². The molecule has 3 N–H and O–H groups in total. The van der Waals surface area contributed by atoms with Gasteiger partial charge in [0.2, 0.25) is 5.91 Å². The van der Waals surface area contributed by atoms with Gasteiger partial charge in [-0.3, -0.25) is 4.79 Å². The summed E-state index contributed by atoms with van der Waals surface area (Å²) in [6.07, 6.45) is 1.45. The Morgan fingerprint density at radius 1 is 1.08 bits per heavy atom. The Balaban J connectivity index is 0.00000225. The molecule has 1 aliphatic carbocycles. The zero-order valence-electron chi connectivity index (χ0n) is 14.4. The SMILES string of the molecule is COc1ccc(C2(NC(=O)CN)Cc3ccccc3C2)cc1OC.Cl. The van der Waals surface area contributed by atoms with Gasteiger partial charge in [-0.2, -0.15) is 0 Å². The lowest BCUT2D eigenvalue weighted by atomic mass is 9.86. The highest BCUT2D eigenvalue weighted by atomic mass is 35.5. The molecule has 2 aromatic carbocycles. The van der Waals surface area contributed by atoms with Crippen LogP contribution in [0.3, 0.4) is 0 Å². The maximum absolute atomic E-state index is 12.1. The van der Waals surface area contributed by atoms with E-state index in [1.165, 1.54) is 11.1 Å². The molecular formula is C19H23ClN2O3. The second-order valence-electron chi connectivity index (χ2n) is 6.03. The number of methoxy groups -OCH3 is 2. The molecule has 0 aromatic heterocycles. The van der Waals surface area contributed by atoms with Crippen LogP contribution in [0.1, 0.15) is 16.7 Å². The molecule has 0 spiro atoms. The fourth-order valence-corrected chi connectivity index (χ4v) is 3.43. The van der Waals surface area contributed by atoms with E-state index in [2.05, 4.69) is 17.4 Å². The predicted molar refractivity (Wildman–Crippen MR) is 99.5 cm³/mol. The van der Waals surface area contributed by atoms with Crippen LogP contribution in [0.25, 0.3) is 0 Å². The van der Waals surface area contributed by atoms with E-state index in [9.17, 15) is 4.79 Å². The number of halogens is 1. The Bertz CT molecular complexity index is 739. The van der Waals surface area contributed by atoms with Gasteiger partial charge in [-0.05, 0) is 28.8 Å². The Morgan fingerprint density at radius 2 is 1.68 bits per heavy atom. The van der Waals surface area contributed by atoms with E-state index in [4.69, 9.17) is 15.2 Å². The van der Waals surface area contributed by atoms with Crippen molar-refractivity contribution in [2.45, 2.75) is 18.4 Å². The molecule has 5 nitrogen and oxygen atoms in total. The molecule has 0 atom stereocenters. The molecule has 6 heteroatoms. The van der Waals surface area contributed by atoms with E-state index in [1.807, 2.05) is 30.3 Å². The van der Waals surface area contributed by atoms with E-state index >= 15 is 0 Å².